The minimum absolute atomic E-state index is 0.00136. The van der Waals surface area contributed by atoms with Crippen LogP contribution < -0.4 is 37.3 Å². The molecule has 21 nitrogen and oxygen atoms in total. The SMILES string of the molecule is CCn1nc(C)cc1C(=O)Nc1nc2cc(C(N)=O)cc(OCCCC(=O)O)c2n1C/C=C/Cn1c(NC=O)nc2cc(C(N)=O)cc(OC/C=C/Cn3cc(N)cn3)c21. The van der Waals surface area contributed by atoms with Crippen LogP contribution in [0, 0.1) is 6.92 Å². The maximum Gasteiger partial charge on any atom is 0.303 e. The zero-order valence-electron chi connectivity index (χ0n) is 32.7. The van der Waals surface area contributed by atoms with Gasteiger partial charge in [0.05, 0.1) is 41.8 Å². The van der Waals surface area contributed by atoms with Gasteiger partial charge in [0.2, 0.25) is 30.1 Å². The van der Waals surface area contributed by atoms with Gasteiger partial charge >= 0.3 is 5.97 Å². The number of ether oxygens (including phenoxy) is 2. The molecule has 4 heterocycles. The number of imidazole rings is 2. The van der Waals surface area contributed by atoms with E-state index in [0.717, 1.165) is 0 Å². The number of aliphatic carboxylic acids is 1. The molecule has 6 aromatic rings. The van der Waals surface area contributed by atoms with Crippen molar-refractivity contribution in [3.8, 4) is 11.5 Å². The van der Waals surface area contributed by atoms with Crippen molar-refractivity contribution in [1.82, 2.24) is 38.7 Å². The Hall–Kier alpha value is -7.97. The number of carbonyl (C=O) groups is 5. The average molecular weight is 822 g/mol. The lowest BCUT2D eigenvalue weighted by molar-refractivity contribution is -0.137. The van der Waals surface area contributed by atoms with Crippen LogP contribution in [0.5, 0.6) is 11.5 Å². The van der Waals surface area contributed by atoms with Crippen LogP contribution in [-0.2, 0) is 35.8 Å². The zero-order valence-corrected chi connectivity index (χ0v) is 32.7. The Bertz CT molecular complexity index is 2650. The summed E-state index contributed by atoms with van der Waals surface area (Å²) in [5.41, 5.74) is 20.2. The third-order valence-electron chi connectivity index (χ3n) is 9.01. The third kappa shape index (κ3) is 9.58. The molecule has 0 bridgehead atoms. The van der Waals surface area contributed by atoms with E-state index in [1.54, 1.807) is 55.9 Å². The van der Waals surface area contributed by atoms with E-state index >= 15 is 0 Å². The number of nitrogens with zero attached hydrogens (tertiary/aromatic N) is 8. The molecule has 0 atom stereocenters. The number of hydrogen-bond donors (Lipinski definition) is 6. The Morgan fingerprint density at radius 2 is 1.47 bits per heavy atom. The number of carboxylic acids is 1. The van der Waals surface area contributed by atoms with Gasteiger partial charge in [0.25, 0.3) is 5.91 Å². The second-order valence-electron chi connectivity index (χ2n) is 13.3. The van der Waals surface area contributed by atoms with Crippen LogP contribution in [-0.4, -0.2) is 87.1 Å². The topological polar surface area (TPSA) is 297 Å². The van der Waals surface area contributed by atoms with Crippen molar-refractivity contribution < 1.29 is 38.6 Å². The lowest BCUT2D eigenvalue weighted by Crippen LogP contribution is -2.20. The van der Waals surface area contributed by atoms with E-state index in [9.17, 15) is 24.0 Å². The van der Waals surface area contributed by atoms with Gasteiger partial charge in [-0.1, -0.05) is 18.2 Å². The summed E-state index contributed by atoms with van der Waals surface area (Å²) in [6.07, 6.45) is 10.9. The van der Waals surface area contributed by atoms with Crippen molar-refractivity contribution in [1.29, 1.82) is 0 Å². The van der Waals surface area contributed by atoms with Gasteiger partial charge in [-0.3, -0.25) is 44.0 Å². The number of nitrogens with two attached hydrogens (primary N) is 3. The minimum atomic E-state index is -0.995. The fraction of sp³-hybridized carbons (Fsp3) is 0.256. The number of fused-ring (bicyclic) bond motifs is 2. The molecule has 0 unspecified atom stereocenters. The number of amides is 4. The number of nitrogen functional groups attached to an aromatic ring is 1. The van der Waals surface area contributed by atoms with Gasteiger partial charge in [-0.05, 0) is 56.7 Å². The van der Waals surface area contributed by atoms with Crippen LogP contribution in [0.3, 0.4) is 0 Å². The van der Waals surface area contributed by atoms with Gasteiger partial charge in [0.15, 0.2) is 0 Å². The highest BCUT2D eigenvalue weighted by atomic mass is 16.5. The minimum Gasteiger partial charge on any atom is -0.491 e. The third-order valence-corrected chi connectivity index (χ3v) is 9.01. The van der Waals surface area contributed by atoms with Crippen LogP contribution in [0.1, 0.15) is 56.7 Å². The highest BCUT2D eigenvalue weighted by Crippen LogP contribution is 2.33. The Kier molecular flexibility index (Phi) is 12.9. The molecule has 0 fully saturated rings. The predicted molar refractivity (Wildman–Crippen MR) is 220 cm³/mol. The van der Waals surface area contributed by atoms with Crippen molar-refractivity contribution >= 4 is 69.8 Å². The fourth-order valence-corrected chi connectivity index (χ4v) is 6.35. The van der Waals surface area contributed by atoms with E-state index in [4.69, 9.17) is 31.8 Å². The number of primary amides is 2. The lowest BCUT2D eigenvalue weighted by atomic mass is 10.1. The summed E-state index contributed by atoms with van der Waals surface area (Å²) in [6.45, 7) is 4.82. The largest absolute Gasteiger partial charge is 0.491 e. The Balaban J connectivity index is 1.35. The number of carboxylic acid groups (broad SMARTS) is 1. The quantitative estimate of drug-likeness (QED) is 0.0346. The molecular formula is C39H43N13O8. The summed E-state index contributed by atoms with van der Waals surface area (Å²) in [6, 6.07) is 7.55. The van der Waals surface area contributed by atoms with Crippen LogP contribution in [0.4, 0.5) is 17.6 Å². The fourth-order valence-electron chi connectivity index (χ4n) is 6.35. The van der Waals surface area contributed by atoms with Crippen LogP contribution in [0.2, 0.25) is 0 Å². The monoisotopic (exact) mass is 821 g/mol. The number of allylic oxidation sites excluding steroid dienone is 3. The average Bonchev–Trinajstić information content (AvgIpc) is 3.98. The first-order chi connectivity index (χ1) is 28.9. The Morgan fingerprint density at radius 3 is 2.05 bits per heavy atom. The normalized spacial score (nSPS) is 11.5. The van der Waals surface area contributed by atoms with Crippen molar-refractivity contribution in [3.05, 3.63) is 89.5 Å². The van der Waals surface area contributed by atoms with Crippen LogP contribution in [0.15, 0.2) is 67.0 Å². The van der Waals surface area contributed by atoms with E-state index in [1.165, 1.54) is 30.5 Å². The van der Waals surface area contributed by atoms with E-state index < -0.39 is 23.7 Å². The second kappa shape index (κ2) is 18.5. The smallest absolute Gasteiger partial charge is 0.303 e. The van der Waals surface area contributed by atoms with E-state index in [-0.39, 0.29) is 79.2 Å². The van der Waals surface area contributed by atoms with E-state index in [0.29, 0.717) is 53.1 Å². The summed E-state index contributed by atoms with van der Waals surface area (Å²) in [5, 5.41) is 23.1. The maximum absolute atomic E-state index is 13.7. The second-order valence-corrected chi connectivity index (χ2v) is 13.3. The van der Waals surface area contributed by atoms with Gasteiger partial charge in [0, 0.05) is 43.4 Å². The molecule has 4 amide bonds. The first kappa shape index (κ1) is 41.7. The van der Waals surface area contributed by atoms with E-state index in [2.05, 4.69) is 30.8 Å². The van der Waals surface area contributed by atoms with Crippen molar-refractivity contribution in [2.24, 2.45) is 11.5 Å². The molecule has 9 N–H and O–H groups in total. The van der Waals surface area contributed by atoms with Crippen molar-refractivity contribution in [3.63, 3.8) is 0 Å². The number of hydrogen-bond acceptors (Lipinski definition) is 12. The molecule has 0 saturated carbocycles. The molecule has 0 saturated heterocycles. The summed E-state index contributed by atoms with van der Waals surface area (Å²) in [5.74, 6) is -2.21. The number of carbonyl (C=O) groups excluding carboxylic acids is 4. The number of benzene rings is 2. The first-order valence-corrected chi connectivity index (χ1v) is 18.7. The predicted octanol–water partition coefficient (Wildman–Crippen LogP) is 2.84. The molecule has 0 aliphatic carbocycles. The highest BCUT2D eigenvalue weighted by Gasteiger charge is 2.22. The summed E-state index contributed by atoms with van der Waals surface area (Å²) in [4.78, 5) is 70.3. The van der Waals surface area contributed by atoms with Crippen molar-refractivity contribution in [2.45, 2.75) is 52.9 Å². The zero-order chi connectivity index (χ0) is 42.9. The molecule has 0 spiro atoms. The number of aryl methyl sites for hydroxylation is 2. The molecule has 4 aromatic heterocycles. The van der Waals surface area contributed by atoms with Gasteiger partial charge in [-0.2, -0.15) is 10.2 Å². The van der Waals surface area contributed by atoms with Crippen molar-refractivity contribution in [2.75, 3.05) is 29.6 Å². The molecule has 0 aliphatic rings. The Morgan fingerprint density at radius 1 is 0.850 bits per heavy atom. The van der Waals surface area contributed by atoms with Gasteiger partial charge < -0.3 is 40.9 Å². The number of anilines is 3. The number of nitrogens with one attached hydrogen (secondary N) is 2. The highest BCUT2D eigenvalue weighted by molar-refractivity contribution is 6.04. The molecule has 0 aliphatic heterocycles. The van der Waals surface area contributed by atoms with Gasteiger partial charge in [-0.15, -0.1) is 0 Å². The summed E-state index contributed by atoms with van der Waals surface area (Å²) in [7, 11) is 0. The van der Waals surface area contributed by atoms with Crippen LogP contribution in [0.25, 0.3) is 22.1 Å². The summed E-state index contributed by atoms with van der Waals surface area (Å²) >= 11 is 0. The summed E-state index contributed by atoms with van der Waals surface area (Å²) < 4.78 is 18.7. The molecule has 60 heavy (non-hydrogen) atoms. The maximum atomic E-state index is 13.7. The Labute approximate surface area is 341 Å². The molecule has 2 aromatic carbocycles. The first-order valence-electron chi connectivity index (χ1n) is 18.7. The van der Waals surface area contributed by atoms with Gasteiger partial charge in [0.1, 0.15) is 34.8 Å². The van der Waals surface area contributed by atoms with Crippen LogP contribution >= 0.6 is 0 Å². The van der Waals surface area contributed by atoms with Gasteiger partial charge in [-0.25, -0.2) is 9.97 Å². The number of aromatic nitrogens is 8. The molecule has 21 heteroatoms. The molecule has 312 valence electrons. The molecule has 0 radical (unpaired) electrons. The lowest BCUT2D eigenvalue weighted by Gasteiger charge is -2.13. The number of rotatable bonds is 21. The molecular weight excluding hydrogens is 779 g/mol. The van der Waals surface area contributed by atoms with E-state index in [1.807, 2.05) is 13.0 Å². The standard InChI is InChI=1S/C39H43N13O8/c1-3-52-29(15-23(2)48-52)37(58)47-39-46-28-17-25(36(42)57)19-31(60-14-8-9-32(54)55)34(28)51(39)12-5-4-11-50-33-27(45-38(50)43-22-53)16-24(35(41)56)18-30(33)59-13-7-6-10-49-21-26(40)20-44-49/h4-7,15-22H,3,8-14,40H2,1-2H3,(H2,41,56)(H2,42,57)(H,54,55)(H,43,45,53)(H,46,47,58)/b5-4+,7-6+. The molecule has 6 rings (SSSR count).